The normalized spacial score (nSPS) is 11.2. The fourth-order valence-electron chi connectivity index (χ4n) is 3.94. The van der Waals surface area contributed by atoms with Gasteiger partial charge in [-0.1, -0.05) is 36.4 Å². The summed E-state index contributed by atoms with van der Waals surface area (Å²) in [5.74, 6) is -0.0624. The van der Waals surface area contributed by atoms with Gasteiger partial charge in [-0.25, -0.2) is 9.48 Å². The van der Waals surface area contributed by atoms with Gasteiger partial charge < -0.3 is 14.9 Å². The molecule has 0 saturated carbocycles. The Hall–Kier alpha value is -4.96. The number of para-hydroxylation sites is 1. The van der Waals surface area contributed by atoms with E-state index in [2.05, 4.69) is 15.3 Å². The number of aromatic amines is 1. The Balaban J connectivity index is 1.57. The first-order valence-corrected chi connectivity index (χ1v) is 12.4. The van der Waals surface area contributed by atoms with Gasteiger partial charge in [0.05, 0.1) is 10.6 Å². The average molecular weight is 527 g/mol. The number of hydrogen-bond donors (Lipinski definition) is 3. The van der Waals surface area contributed by atoms with Crippen LogP contribution in [0.5, 0.6) is 11.5 Å². The molecule has 0 amide bonds. The van der Waals surface area contributed by atoms with E-state index in [9.17, 15) is 14.7 Å². The molecule has 3 aromatic carbocycles. The van der Waals surface area contributed by atoms with E-state index in [1.165, 1.54) is 28.2 Å². The van der Waals surface area contributed by atoms with Gasteiger partial charge in [0.2, 0.25) is 0 Å². The standard InChI is InChI=1S/C28H22N4O5S/c1-16-11-12-19(14-17(16)2)32-27(34)25(24(31-32)23-10-5-13-38-23)30-29-22-9-4-8-21(26(22)33)18-6-3-7-20(15-18)37-28(35)36/h3-15,31,33H,1-2H3,(H,35,36). The lowest BCUT2D eigenvalue weighted by Gasteiger charge is -2.08. The van der Waals surface area contributed by atoms with Crippen molar-refractivity contribution in [2.75, 3.05) is 0 Å². The summed E-state index contributed by atoms with van der Waals surface area (Å²) in [6, 6.07) is 20.7. The van der Waals surface area contributed by atoms with E-state index in [4.69, 9.17) is 9.84 Å². The molecule has 5 rings (SSSR count). The number of azo groups is 1. The van der Waals surface area contributed by atoms with Crippen molar-refractivity contribution in [3.05, 3.63) is 99.7 Å². The van der Waals surface area contributed by atoms with Crippen LogP contribution in [0.1, 0.15) is 11.1 Å². The van der Waals surface area contributed by atoms with E-state index in [1.807, 2.05) is 49.6 Å². The summed E-state index contributed by atoms with van der Waals surface area (Å²) in [7, 11) is 0. The van der Waals surface area contributed by atoms with Crippen molar-refractivity contribution in [1.82, 2.24) is 9.78 Å². The lowest BCUT2D eigenvalue weighted by Crippen LogP contribution is -2.14. The zero-order valence-electron chi connectivity index (χ0n) is 20.4. The quantitative estimate of drug-likeness (QED) is 0.121. The molecule has 0 aliphatic rings. The molecular weight excluding hydrogens is 504 g/mol. The number of hydrogen-bond acceptors (Lipinski definition) is 7. The third-order valence-electron chi connectivity index (χ3n) is 6.01. The van der Waals surface area contributed by atoms with Gasteiger partial charge in [0.1, 0.15) is 17.1 Å². The highest BCUT2D eigenvalue weighted by Crippen LogP contribution is 2.39. The van der Waals surface area contributed by atoms with Crippen LogP contribution in [-0.2, 0) is 0 Å². The highest BCUT2D eigenvalue weighted by Gasteiger charge is 2.19. The summed E-state index contributed by atoms with van der Waals surface area (Å²) >= 11 is 1.45. The molecule has 0 saturated heterocycles. The minimum Gasteiger partial charge on any atom is -0.505 e. The van der Waals surface area contributed by atoms with Gasteiger partial charge in [0.25, 0.3) is 5.56 Å². The molecule has 10 heteroatoms. The molecule has 5 aromatic rings. The Morgan fingerprint density at radius 1 is 0.974 bits per heavy atom. The van der Waals surface area contributed by atoms with Gasteiger partial charge in [0.15, 0.2) is 11.4 Å². The third kappa shape index (κ3) is 4.84. The lowest BCUT2D eigenvalue weighted by atomic mass is 10.0. The van der Waals surface area contributed by atoms with E-state index in [1.54, 1.807) is 30.3 Å². The second-order valence-electron chi connectivity index (χ2n) is 8.49. The van der Waals surface area contributed by atoms with Crippen LogP contribution in [0.4, 0.5) is 16.2 Å². The smallest absolute Gasteiger partial charge is 0.505 e. The Morgan fingerprint density at radius 3 is 2.53 bits per heavy atom. The Labute approximate surface area is 220 Å². The van der Waals surface area contributed by atoms with Crippen molar-refractivity contribution in [1.29, 1.82) is 0 Å². The maximum Gasteiger partial charge on any atom is 0.511 e. The number of ether oxygens (including phenoxy) is 1. The minimum absolute atomic E-state index is 0.104. The maximum absolute atomic E-state index is 13.5. The molecule has 0 radical (unpaired) electrons. The monoisotopic (exact) mass is 526 g/mol. The summed E-state index contributed by atoms with van der Waals surface area (Å²) < 4.78 is 6.15. The molecular formula is C28H22N4O5S. The Kier molecular flexibility index (Phi) is 6.63. The van der Waals surface area contributed by atoms with Gasteiger partial charge in [-0.3, -0.25) is 9.89 Å². The fourth-order valence-corrected chi connectivity index (χ4v) is 4.66. The van der Waals surface area contributed by atoms with E-state index in [0.717, 1.165) is 16.0 Å². The van der Waals surface area contributed by atoms with E-state index in [0.29, 0.717) is 22.5 Å². The highest BCUT2D eigenvalue weighted by molar-refractivity contribution is 7.13. The molecule has 0 fully saturated rings. The number of thiophene rings is 1. The van der Waals surface area contributed by atoms with E-state index in [-0.39, 0.29) is 28.4 Å². The molecule has 2 heterocycles. The van der Waals surface area contributed by atoms with Crippen molar-refractivity contribution in [3.8, 4) is 38.9 Å². The van der Waals surface area contributed by atoms with Crippen molar-refractivity contribution in [2.45, 2.75) is 13.8 Å². The highest BCUT2D eigenvalue weighted by atomic mass is 32.1. The molecule has 0 spiro atoms. The molecule has 0 bridgehead atoms. The van der Waals surface area contributed by atoms with Crippen molar-refractivity contribution in [2.24, 2.45) is 10.2 Å². The summed E-state index contributed by atoms with van der Waals surface area (Å²) in [6.07, 6.45) is -1.44. The predicted molar refractivity (Wildman–Crippen MR) is 146 cm³/mol. The average Bonchev–Trinajstić information content (AvgIpc) is 3.53. The molecule has 3 N–H and O–H groups in total. The number of H-pyrrole nitrogens is 1. The first-order valence-electron chi connectivity index (χ1n) is 11.5. The maximum atomic E-state index is 13.5. The van der Waals surface area contributed by atoms with Crippen LogP contribution in [0.15, 0.2) is 93.2 Å². The van der Waals surface area contributed by atoms with Gasteiger partial charge in [-0.05, 0) is 72.3 Å². The van der Waals surface area contributed by atoms with E-state index < -0.39 is 6.16 Å². The molecule has 0 unspecified atom stereocenters. The second kappa shape index (κ2) is 10.2. The van der Waals surface area contributed by atoms with Crippen molar-refractivity contribution >= 4 is 28.9 Å². The summed E-state index contributed by atoms with van der Waals surface area (Å²) in [6.45, 7) is 3.98. The number of aromatic hydroxyl groups is 1. The Bertz CT molecular complexity index is 1730. The minimum atomic E-state index is -1.44. The van der Waals surface area contributed by atoms with Crippen LogP contribution in [0.25, 0.3) is 27.4 Å². The fraction of sp³-hybridized carbons (Fsp3) is 0.0714. The number of phenolic OH excluding ortho intramolecular Hbond substituents is 1. The molecule has 0 atom stereocenters. The number of nitrogens with one attached hydrogen (secondary N) is 1. The number of aromatic nitrogens is 2. The predicted octanol–water partition coefficient (Wildman–Crippen LogP) is 7.36. The largest absolute Gasteiger partial charge is 0.511 e. The second-order valence-corrected chi connectivity index (χ2v) is 9.44. The number of rotatable bonds is 6. The van der Waals surface area contributed by atoms with Crippen LogP contribution >= 0.6 is 11.3 Å². The molecule has 2 aromatic heterocycles. The first kappa shape index (κ1) is 24.7. The molecule has 0 aliphatic heterocycles. The van der Waals surface area contributed by atoms with Crippen molar-refractivity contribution in [3.63, 3.8) is 0 Å². The van der Waals surface area contributed by atoms with Crippen LogP contribution in [0.3, 0.4) is 0 Å². The number of carboxylic acid groups (broad SMARTS) is 1. The molecule has 9 nitrogen and oxygen atoms in total. The number of phenols is 1. The number of nitrogens with zero attached hydrogens (tertiary/aromatic N) is 3. The number of benzene rings is 3. The molecule has 190 valence electrons. The Morgan fingerprint density at radius 2 is 1.79 bits per heavy atom. The molecule has 38 heavy (non-hydrogen) atoms. The number of carbonyl (C=O) groups is 1. The summed E-state index contributed by atoms with van der Waals surface area (Å²) in [5, 5.41) is 33.4. The summed E-state index contributed by atoms with van der Waals surface area (Å²) in [5.41, 5.74) is 4.14. The lowest BCUT2D eigenvalue weighted by molar-refractivity contribution is 0.144. The van der Waals surface area contributed by atoms with Crippen LogP contribution in [-0.4, -0.2) is 26.1 Å². The summed E-state index contributed by atoms with van der Waals surface area (Å²) in [4.78, 5) is 25.2. The van der Waals surface area contributed by atoms with Gasteiger partial charge in [-0.15, -0.1) is 21.6 Å². The molecule has 0 aliphatic carbocycles. The third-order valence-corrected chi connectivity index (χ3v) is 6.89. The SMILES string of the molecule is Cc1ccc(-n2[nH]c(-c3cccs3)c(N=Nc3cccc(-c4cccc(OC(=O)O)c4)c3O)c2=O)cc1C. The van der Waals surface area contributed by atoms with Gasteiger partial charge in [0, 0.05) is 5.56 Å². The van der Waals surface area contributed by atoms with Gasteiger partial charge in [-0.2, -0.15) is 0 Å². The number of aryl methyl sites for hydroxylation is 2. The van der Waals surface area contributed by atoms with Gasteiger partial charge >= 0.3 is 6.16 Å². The van der Waals surface area contributed by atoms with Crippen LogP contribution < -0.4 is 10.3 Å². The topological polar surface area (TPSA) is 129 Å². The van der Waals surface area contributed by atoms with Crippen molar-refractivity contribution < 1.29 is 19.7 Å². The first-order chi connectivity index (χ1) is 18.3. The zero-order chi connectivity index (χ0) is 26.8. The van der Waals surface area contributed by atoms with Crippen LogP contribution in [0, 0.1) is 13.8 Å². The van der Waals surface area contributed by atoms with Crippen LogP contribution in [0.2, 0.25) is 0 Å². The zero-order valence-corrected chi connectivity index (χ0v) is 21.2. The van der Waals surface area contributed by atoms with E-state index >= 15 is 0 Å².